The molecule has 0 aliphatic heterocycles. The summed E-state index contributed by atoms with van der Waals surface area (Å²) in [6, 6.07) is 9.77. The number of nitrogens with zero attached hydrogens (tertiary/aromatic N) is 3. The largest absolute Gasteiger partial charge is 0.494 e. The van der Waals surface area contributed by atoms with Gasteiger partial charge in [0.2, 0.25) is 0 Å². The fraction of sp³-hybridized carbons (Fsp3) is 0.105. The summed E-state index contributed by atoms with van der Waals surface area (Å²) in [6.45, 7) is 0. The van der Waals surface area contributed by atoms with Crippen molar-refractivity contribution in [2.24, 2.45) is 7.05 Å². The molecule has 1 heterocycles. The van der Waals surface area contributed by atoms with E-state index in [1.807, 2.05) is 0 Å². The van der Waals surface area contributed by atoms with E-state index in [4.69, 9.17) is 10.00 Å². The first kappa shape index (κ1) is 17.3. The minimum absolute atomic E-state index is 0.0421. The number of ether oxygens (including phenoxy) is 1. The minimum atomic E-state index is -0.723. The number of benzene rings is 2. The van der Waals surface area contributed by atoms with E-state index in [2.05, 4.69) is 4.98 Å². The maximum Gasteiger partial charge on any atom is 0.261 e. The summed E-state index contributed by atoms with van der Waals surface area (Å²) in [4.78, 5) is 16.9. The smallest absolute Gasteiger partial charge is 0.261 e. The summed E-state index contributed by atoms with van der Waals surface area (Å²) in [6.07, 6.45) is 1.30. The molecule has 0 bridgehead atoms. The van der Waals surface area contributed by atoms with Crippen LogP contribution < -0.4 is 10.3 Å². The molecule has 2 aromatic carbocycles. The van der Waals surface area contributed by atoms with Crippen LogP contribution in [0.4, 0.5) is 8.78 Å². The van der Waals surface area contributed by atoms with Gasteiger partial charge < -0.3 is 9.30 Å². The Labute approximate surface area is 147 Å². The standard InChI is InChI=1S/C19H13F2N3O2/c1-24-10-23-18(12-3-4-13(9-22)14(20)8-12)17(19(24)25)11-5-6-16(26-2)15(21)7-11/h3-8,10H,1-2H3. The van der Waals surface area contributed by atoms with Crippen LogP contribution >= 0.6 is 0 Å². The lowest BCUT2D eigenvalue weighted by Crippen LogP contribution is -2.20. The van der Waals surface area contributed by atoms with Crippen molar-refractivity contribution in [2.75, 3.05) is 7.11 Å². The Morgan fingerprint density at radius 2 is 1.81 bits per heavy atom. The molecule has 0 fully saturated rings. The second-order valence-electron chi connectivity index (χ2n) is 5.54. The molecular formula is C19H13F2N3O2. The molecule has 3 aromatic rings. The molecular weight excluding hydrogens is 340 g/mol. The predicted molar refractivity (Wildman–Crippen MR) is 91.5 cm³/mol. The molecule has 130 valence electrons. The quantitative estimate of drug-likeness (QED) is 0.725. The molecule has 0 aliphatic carbocycles. The van der Waals surface area contributed by atoms with Crippen molar-refractivity contribution in [3.8, 4) is 34.2 Å². The van der Waals surface area contributed by atoms with Crippen LogP contribution in [-0.4, -0.2) is 16.7 Å². The Bertz CT molecular complexity index is 1100. The number of hydrogen-bond acceptors (Lipinski definition) is 4. The molecule has 0 N–H and O–H groups in total. The van der Waals surface area contributed by atoms with E-state index in [1.54, 1.807) is 6.07 Å². The summed E-state index contributed by atoms with van der Waals surface area (Å²) >= 11 is 0. The number of aromatic nitrogens is 2. The molecule has 0 saturated carbocycles. The van der Waals surface area contributed by atoms with Gasteiger partial charge in [0.1, 0.15) is 11.9 Å². The van der Waals surface area contributed by atoms with Crippen LogP contribution in [0.3, 0.4) is 0 Å². The van der Waals surface area contributed by atoms with Crippen LogP contribution in [0.2, 0.25) is 0 Å². The van der Waals surface area contributed by atoms with E-state index in [-0.39, 0.29) is 28.1 Å². The first-order valence-corrected chi connectivity index (χ1v) is 7.55. The van der Waals surface area contributed by atoms with E-state index in [9.17, 15) is 13.6 Å². The van der Waals surface area contributed by atoms with Crippen LogP contribution in [0, 0.1) is 23.0 Å². The van der Waals surface area contributed by atoms with Crippen molar-refractivity contribution in [1.82, 2.24) is 9.55 Å². The Morgan fingerprint density at radius 3 is 2.42 bits per heavy atom. The van der Waals surface area contributed by atoms with Gasteiger partial charge in [-0.2, -0.15) is 5.26 Å². The van der Waals surface area contributed by atoms with E-state index in [0.717, 1.165) is 6.07 Å². The summed E-state index contributed by atoms with van der Waals surface area (Å²) in [5.41, 5.74) is 0.392. The van der Waals surface area contributed by atoms with Gasteiger partial charge in [0.25, 0.3) is 5.56 Å². The second-order valence-corrected chi connectivity index (χ2v) is 5.54. The lowest BCUT2D eigenvalue weighted by atomic mass is 9.99. The highest BCUT2D eigenvalue weighted by Crippen LogP contribution is 2.30. The monoisotopic (exact) mass is 353 g/mol. The van der Waals surface area contributed by atoms with Gasteiger partial charge in [0, 0.05) is 12.6 Å². The molecule has 0 aliphatic rings. The van der Waals surface area contributed by atoms with Gasteiger partial charge in [-0.05, 0) is 29.8 Å². The number of aryl methyl sites for hydroxylation is 1. The molecule has 26 heavy (non-hydrogen) atoms. The fourth-order valence-electron chi connectivity index (χ4n) is 2.59. The fourth-order valence-corrected chi connectivity index (χ4v) is 2.59. The number of hydrogen-bond donors (Lipinski definition) is 0. The van der Waals surface area contributed by atoms with E-state index in [1.165, 1.54) is 55.4 Å². The minimum Gasteiger partial charge on any atom is -0.494 e. The van der Waals surface area contributed by atoms with Crippen LogP contribution in [0.15, 0.2) is 47.5 Å². The topological polar surface area (TPSA) is 67.9 Å². The van der Waals surface area contributed by atoms with Crippen molar-refractivity contribution >= 4 is 0 Å². The van der Waals surface area contributed by atoms with Gasteiger partial charge in [0.15, 0.2) is 11.6 Å². The highest BCUT2D eigenvalue weighted by Gasteiger charge is 2.17. The summed E-state index contributed by atoms with van der Waals surface area (Å²) < 4.78 is 34.3. The van der Waals surface area contributed by atoms with Crippen molar-refractivity contribution < 1.29 is 13.5 Å². The maximum atomic E-state index is 14.1. The average molecular weight is 353 g/mol. The third-order valence-corrected chi connectivity index (χ3v) is 3.93. The molecule has 3 rings (SSSR count). The molecule has 0 saturated heterocycles. The molecule has 5 nitrogen and oxygen atoms in total. The molecule has 0 spiro atoms. The lowest BCUT2D eigenvalue weighted by molar-refractivity contribution is 0.386. The van der Waals surface area contributed by atoms with Gasteiger partial charge in [-0.25, -0.2) is 13.8 Å². The average Bonchev–Trinajstić information content (AvgIpc) is 2.63. The predicted octanol–water partition coefficient (Wildman–Crippen LogP) is 3.27. The Balaban J connectivity index is 2.28. The van der Waals surface area contributed by atoms with E-state index < -0.39 is 17.2 Å². The van der Waals surface area contributed by atoms with Gasteiger partial charge >= 0.3 is 0 Å². The van der Waals surface area contributed by atoms with Crippen LogP contribution in [0.1, 0.15) is 5.56 Å². The number of rotatable bonds is 3. The zero-order chi connectivity index (χ0) is 18.8. The highest BCUT2D eigenvalue weighted by atomic mass is 19.1. The molecule has 7 heteroatoms. The number of halogens is 2. The first-order chi connectivity index (χ1) is 12.5. The number of nitriles is 1. The Morgan fingerprint density at radius 1 is 1.12 bits per heavy atom. The van der Waals surface area contributed by atoms with E-state index in [0.29, 0.717) is 5.56 Å². The summed E-state index contributed by atoms with van der Waals surface area (Å²) in [5.74, 6) is -1.31. The first-order valence-electron chi connectivity index (χ1n) is 7.55. The lowest BCUT2D eigenvalue weighted by Gasteiger charge is -2.11. The summed E-state index contributed by atoms with van der Waals surface area (Å²) in [7, 11) is 2.86. The highest BCUT2D eigenvalue weighted by molar-refractivity contribution is 5.80. The van der Waals surface area contributed by atoms with Crippen LogP contribution in [-0.2, 0) is 7.05 Å². The van der Waals surface area contributed by atoms with Crippen molar-refractivity contribution in [3.63, 3.8) is 0 Å². The zero-order valence-electron chi connectivity index (χ0n) is 14.0. The normalized spacial score (nSPS) is 10.4. The molecule has 0 atom stereocenters. The van der Waals surface area contributed by atoms with Gasteiger partial charge in [0.05, 0.1) is 30.3 Å². The van der Waals surface area contributed by atoms with Gasteiger partial charge in [-0.15, -0.1) is 0 Å². The zero-order valence-corrected chi connectivity index (χ0v) is 14.0. The van der Waals surface area contributed by atoms with Crippen molar-refractivity contribution in [2.45, 2.75) is 0 Å². The molecule has 1 aromatic heterocycles. The Kier molecular flexibility index (Phi) is 4.50. The van der Waals surface area contributed by atoms with Gasteiger partial charge in [-0.3, -0.25) is 4.79 Å². The summed E-state index contributed by atoms with van der Waals surface area (Å²) in [5, 5.41) is 8.86. The van der Waals surface area contributed by atoms with Crippen LogP contribution in [0.5, 0.6) is 5.75 Å². The van der Waals surface area contributed by atoms with Crippen molar-refractivity contribution in [3.05, 3.63) is 70.3 Å². The third-order valence-electron chi connectivity index (χ3n) is 3.93. The van der Waals surface area contributed by atoms with Crippen LogP contribution in [0.25, 0.3) is 22.4 Å². The van der Waals surface area contributed by atoms with Gasteiger partial charge in [-0.1, -0.05) is 12.1 Å². The molecule has 0 radical (unpaired) electrons. The molecule has 0 unspecified atom stereocenters. The maximum absolute atomic E-state index is 14.1. The van der Waals surface area contributed by atoms with E-state index >= 15 is 0 Å². The SMILES string of the molecule is COc1ccc(-c2c(-c3ccc(C#N)c(F)c3)ncn(C)c2=O)cc1F. The van der Waals surface area contributed by atoms with Crippen molar-refractivity contribution in [1.29, 1.82) is 5.26 Å². The Hall–Kier alpha value is -3.53. The molecule has 0 amide bonds. The second kappa shape index (κ2) is 6.76. The third kappa shape index (κ3) is 2.93. The number of methoxy groups -OCH3 is 1.